The lowest BCUT2D eigenvalue weighted by molar-refractivity contribution is -0.137. The zero-order valence-electron chi connectivity index (χ0n) is 17.3. The average Bonchev–Trinajstić information content (AvgIpc) is 3.38. The summed E-state index contributed by atoms with van der Waals surface area (Å²) in [5.74, 6) is 0.614. The van der Waals surface area contributed by atoms with Gasteiger partial charge in [0.15, 0.2) is 0 Å². The third kappa shape index (κ3) is 4.18. The summed E-state index contributed by atoms with van der Waals surface area (Å²) in [6.07, 6.45) is 0. The zero-order chi connectivity index (χ0) is 21.8. The summed E-state index contributed by atoms with van der Waals surface area (Å²) in [5.41, 5.74) is 2.07. The molecule has 0 spiro atoms. The molecular formula is C24H22N2O4S. The van der Waals surface area contributed by atoms with E-state index in [-0.39, 0.29) is 24.1 Å². The smallest absolute Gasteiger partial charge is 0.278 e. The number of carbonyl (C=O) groups excluding carboxylic acids is 2. The minimum atomic E-state index is -0.374. The molecule has 6 nitrogen and oxygen atoms in total. The maximum atomic E-state index is 13.4. The Morgan fingerprint density at radius 1 is 1.00 bits per heavy atom. The second-order valence-corrected chi connectivity index (χ2v) is 7.77. The maximum Gasteiger partial charge on any atom is 0.278 e. The summed E-state index contributed by atoms with van der Waals surface area (Å²) in [5, 5.41) is 5.05. The molecule has 2 amide bonds. The Bertz CT molecular complexity index is 1140. The molecule has 0 fully saturated rings. The molecule has 31 heavy (non-hydrogen) atoms. The Labute approximate surface area is 184 Å². The number of para-hydroxylation sites is 1. The van der Waals surface area contributed by atoms with Gasteiger partial charge in [-0.05, 0) is 36.6 Å². The largest absolute Gasteiger partial charge is 0.496 e. The normalized spacial score (nSPS) is 13.7. The lowest BCUT2D eigenvalue weighted by atomic mass is 10.1. The number of carbonyl (C=O) groups is 2. The minimum Gasteiger partial charge on any atom is -0.496 e. The number of rotatable bonds is 8. The fraction of sp³-hybridized carbons (Fsp3) is 0.167. The van der Waals surface area contributed by atoms with Crippen molar-refractivity contribution in [1.82, 2.24) is 4.90 Å². The van der Waals surface area contributed by atoms with Gasteiger partial charge in [0, 0.05) is 22.2 Å². The molecule has 0 saturated heterocycles. The second-order valence-electron chi connectivity index (χ2n) is 6.82. The molecule has 1 aliphatic rings. The van der Waals surface area contributed by atoms with Crippen molar-refractivity contribution >= 4 is 34.4 Å². The summed E-state index contributed by atoms with van der Waals surface area (Å²) in [6, 6.07) is 18.4. The Balaban J connectivity index is 1.69. The van der Waals surface area contributed by atoms with Gasteiger partial charge < -0.3 is 14.8 Å². The Morgan fingerprint density at radius 2 is 1.84 bits per heavy atom. The molecule has 1 aromatic heterocycles. The molecule has 0 atom stereocenters. The Hall–Kier alpha value is -3.58. The fourth-order valence-electron chi connectivity index (χ4n) is 3.46. The third-order valence-electron chi connectivity index (χ3n) is 4.87. The number of thiophene rings is 1. The highest BCUT2D eigenvalue weighted by Gasteiger charge is 2.40. The minimum absolute atomic E-state index is 0.126. The van der Waals surface area contributed by atoms with E-state index in [9.17, 15) is 9.59 Å². The summed E-state index contributed by atoms with van der Waals surface area (Å²) >= 11 is 1.42. The van der Waals surface area contributed by atoms with Gasteiger partial charge in [0.25, 0.3) is 11.8 Å². The first kappa shape index (κ1) is 20.7. The quantitative estimate of drug-likeness (QED) is 0.527. The van der Waals surface area contributed by atoms with Crippen LogP contribution in [-0.4, -0.2) is 30.4 Å². The molecule has 7 heteroatoms. The van der Waals surface area contributed by atoms with E-state index in [1.165, 1.54) is 16.2 Å². The van der Waals surface area contributed by atoms with E-state index in [1.54, 1.807) is 7.11 Å². The van der Waals surface area contributed by atoms with Gasteiger partial charge >= 0.3 is 0 Å². The van der Waals surface area contributed by atoms with Gasteiger partial charge in [0.2, 0.25) is 0 Å². The van der Waals surface area contributed by atoms with Crippen LogP contribution in [0.4, 0.5) is 5.69 Å². The van der Waals surface area contributed by atoms with Gasteiger partial charge in [-0.3, -0.25) is 14.5 Å². The van der Waals surface area contributed by atoms with Crippen LogP contribution in [0, 0.1) is 0 Å². The monoisotopic (exact) mass is 434 g/mol. The van der Waals surface area contributed by atoms with Gasteiger partial charge in [0.1, 0.15) is 17.2 Å². The highest BCUT2D eigenvalue weighted by Crippen LogP contribution is 2.35. The van der Waals surface area contributed by atoms with E-state index in [2.05, 4.69) is 5.32 Å². The predicted octanol–water partition coefficient (Wildman–Crippen LogP) is 4.55. The molecular weight excluding hydrogens is 412 g/mol. The van der Waals surface area contributed by atoms with E-state index in [0.717, 1.165) is 10.4 Å². The molecule has 4 rings (SSSR count). The molecule has 0 radical (unpaired) electrons. The molecule has 0 aliphatic carbocycles. The number of hydrogen-bond acceptors (Lipinski definition) is 6. The molecule has 0 saturated carbocycles. The van der Waals surface area contributed by atoms with E-state index < -0.39 is 0 Å². The van der Waals surface area contributed by atoms with Gasteiger partial charge in [0.05, 0.1) is 25.8 Å². The van der Waals surface area contributed by atoms with Crippen LogP contribution >= 0.6 is 11.3 Å². The summed E-state index contributed by atoms with van der Waals surface area (Å²) in [4.78, 5) is 28.7. The lowest BCUT2D eigenvalue weighted by Gasteiger charge is -2.17. The zero-order valence-corrected chi connectivity index (χ0v) is 18.1. The van der Waals surface area contributed by atoms with Crippen molar-refractivity contribution in [3.05, 3.63) is 82.2 Å². The Morgan fingerprint density at radius 3 is 2.58 bits per heavy atom. The predicted molar refractivity (Wildman–Crippen MR) is 121 cm³/mol. The van der Waals surface area contributed by atoms with Crippen LogP contribution in [0.5, 0.6) is 11.5 Å². The van der Waals surface area contributed by atoms with Crippen LogP contribution in [0.15, 0.2) is 71.7 Å². The SMILES string of the molecule is CCOc1cccc(NC2=C(c3cccs3)C(=O)N(Cc3ccccc3OC)C2=O)c1. The standard InChI is InChI=1S/C24H22N2O4S/c1-3-30-18-10-6-9-17(14-18)25-22-21(20-12-7-13-31-20)23(27)26(24(22)28)15-16-8-4-5-11-19(16)29-2/h4-14,25H,3,15H2,1-2H3. The maximum absolute atomic E-state index is 13.4. The first-order valence-electron chi connectivity index (χ1n) is 9.88. The highest BCUT2D eigenvalue weighted by atomic mass is 32.1. The first-order valence-corrected chi connectivity index (χ1v) is 10.8. The van der Waals surface area contributed by atoms with Crippen molar-refractivity contribution in [2.45, 2.75) is 13.5 Å². The number of imide groups is 1. The highest BCUT2D eigenvalue weighted by molar-refractivity contribution is 7.11. The molecule has 1 aliphatic heterocycles. The number of nitrogens with zero attached hydrogens (tertiary/aromatic N) is 1. The van der Waals surface area contributed by atoms with Gasteiger partial charge in [-0.15, -0.1) is 11.3 Å². The van der Waals surface area contributed by atoms with Crippen LogP contribution < -0.4 is 14.8 Å². The van der Waals surface area contributed by atoms with Crippen molar-refractivity contribution < 1.29 is 19.1 Å². The molecule has 0 bridgehead atoms. The van der Waals surface area contributed by atoms with Crippen LogP contribution in [0.25, 0.3) is 5.57 Å². The number of hydrogen-bond donors (Lipinski definition) is 1. The Kier molecular flexibility index (Phi) is 6.04. The molecule has 2 aromatic carbocycles. The van der Waals surface area contributed by atoms with E-state index in [4.69, 9.17) is 9.47 Å². The van der Waals surface area contributed by atoms with E-state index in [1.807, 2.05) is 73.0 Å². The van der Waals surface area contributed by atoms with Crippen LogP contribution in [0.1, 0.15) is 17.4 Å². The summed E-state index contributed by atoms with van der Waals surface area (Å²) in [6.45, 7) is 2.57. The van der Waals surface area contributed by atoms with Crippen molar-refractivity contribution in [3.8, 4) is 11.5 Å². The number of methoxy groups -OCH3 is 1. The average molecular weight is 435 g/mol. The number of benzene rings is 2. The molecule has 2 heterocycles. The topological polar surface area (TPSA) is 67.9 Å². The number of anilines is 1. The van der Waals surface area contributed by atoms with Crippen molar-refractivity contribution in [3.63, 3.8) is 0 Å². The van der Waals surface area contributed by atoms with Gasteiger partial charge in [-0.1, -0.05) is 30.3 Å². The first-order chi connectivity index (χ1) is 15.1. The van der Waals surface area contributed by atoms with Crippen molar-refractivity contribution in [2.24, 2.45) is 0 Å². The van der Waals surface area contributed by atoms with E-state index >= 15 is 0 Å². The van der Waals surface area contributed by atoms with Crippen molar-refractivity contribution in [1.29, 1.82) is 0 Å². The molecule has 0 unspecified atom stereocenters. The second kappa shape index (κ2) is 9.06. The number of amides is 2. The van der Waals surface area contributed by atoms with Gasteiger partial charge in [-0.25, -0.2) is 0 Å². The third-order valence-corrected chi connectivity index (χ3v) is 5.76. The lowest BCUT2D eigenvalue weighted by Crippen LogP contribution is -2.32. The molecule has 1 N–H and O–H groups in total. The molecule has 158 valence electrons. The van der Waals surface area contributed by atoms with Crippen molar-refractivity contribution in [2.75, 3.05) is 19.0 Å². The summed E-state index contributed by atoms with van der Waals surface area (Å²) < 4.78 is 10.9. The number of ether oxygens (including phenoxy) is 2. The fourth-order valence-corrected chi connectivity index (χ4v) is 4.23. The van der Waals surface area contributed by atoms with Crippen LogP contribution in [-0.2, 0) is 16.1 Å². The van der Waals surface area contributed by atoms with Crippen LogP contribution in [0.3, 0.4) is 0 Å². The van der Waals surface area contributed by atoms with Gasteiger partial charge in [-0.2, -0.15) is 0 Å². The summed E-state index contributed by atoms with van der Waals surface area (Å²) in [7, 11) is 1.57. The molecule has 3 aromatic rings. The van der Waals surface area contributed by atoms with Crippen LogP contribution in [0.2, 0.25) is 0 Å². The van der Waals surface area contributed by atoms with E-state index in [0.29, 0.717) is 29.4 Å². The number of nitrogens with one attached hydrogen (secondary N) is 1.